The maximum Gasteiger partial charge on any atom is 0.188 e. The van der Waals surface area contributed by atoms with E-state index in [1.165, 1.54) is 4.70 Å². The summed E-state index contributed by atoms with van der Waals surface area (Å²) in [4.78, 5) is 11.4. The smallest absolute Gasteiger partial charge is 0.188 e. The molecule has 1 fully saturated rings. The van der Waals surface area contributed by atoms with Crippen molar-refractivity contribution in [3.05, 3.63) is 23.9 Å². The molecule has 0 bridgehead atoms. The Hall–Kier alpha value is -1.93. The number of imidazole rings is 1. The molecular formula is C16H22N6OS. The molecule has 1 N–H and O–H groups in total. The van der Waals surface area contributed by atoms with Crippen molar-refractivity contribution in [3.63, 3.8) is 0 Å². The predicted octanol–water partition coefficient (Wildman–Crippen LogP) is 2.02. The molecule has 8 heteroatoms. The number of aryl methyl sites for hydroxylation is 3. The van der Waals surface area contributed by atoms with E-state index >= 15 is 0 Å². The van der Waals surface area contributed by atoms with Crippen molar-refractivity contribution in [2.24, 2.45) is 20.0 Å². The fourth-order valence-corrected chi connectivity index (χ4v) is 4.57. The summed E-state index contributed by atoms with van der Waals surface area (Å²) in [7, 11) is 3.87. The number of rotatable bonds is 3. The van der Waals surface area contributed by atoms with Crippen molar-refractivity contribution in [2.45, 2.75) is 25.9 Å². The minimum Gasteiger partial charge on any atom is -0.385 e. The molecule has 0 aromatic carbocycles. The average Bonchev–Trinajstić information content (AvgIpc) is 3.26. The molecule has 1 aliphatic rings. The van der Waals surface area contributed by atoms with Gasteiger partial charge in [-0.15, -0.1) is 0 Å². The van der Waals surface area contributed by atoms with E-state index in [0.717, 1.165) is 48.2 Å². The summed E-state index contributed by atoms with van der Waals surface area (Å²) in [6.07, 6.45) is 5.02. The number of piperidine rings is 1. The van der Waals surface area contributed by atoms with Gasteiger partial charge in [0.2, 0.25) is 0 Å². The van der Waals surface area contributed by atoms with Crippen LogP contribution in [-0.2, 0) is 14.1 Å². The predicted molar refractivity (Wildman–Crippen MR) is 94.2 cm³/mol. The lowest BCUT2D eigenvalue weighted by atomic mass is 9.91. The first-order chi connectivity index (χ1) is 11.5. The van der Waals surface area contributed by atoms with E-state index in [1.807, 2.05) is 36.5 Å². The molecule has 1 atom stereocenters. The van der Waals surface area contributed by atoms with Gasteiger partial charge in [0.05, 0.1) is 10.4 Å². The minimum absolute atomic E-state index is 0.250. The fourth-order valence-electron chi connectivity index (χ4n) is 3.49. The van der Waals surface area contributed by atoms with Crippen LogP contribution in [0.3, 0.4) is 0 Å². The fraction of sp³-hybridized carbons (Fsp3) is 0.562. The number of aromatic nitrogens is 5. The SMILES string of the molecule is Cc1nn(C)c2nc(N3CCC([C@@H](O)c4nccn4C)CC3)sc12. The Balaban J connectivity index is 1.47. The van der Waals surface area contributed by atoms with Gasteiger partial charge in [0, 0.05) is 39.6 Å². The van der Waals surface area contributed by atoms with Crippen molar-refractivity contribution >= 4 is 26.8 Å². The third-order valence-electron chi connectivity index (χ3n) is 4.91. The van der Waals surface area contributed by atoms with Gasteiger partial charge in [-0.3, -0.25) is 0 Å². The summed E-state index contributed by atoms with van der Waals surface area (Å²) in [5.74, 6) is 1.01. The summed E-state index contributed by atoms with van der Waals surface area (Å²) < 4.78 is 4.92. The molecule has 3 aromatic rings. The van der Waals surface area contributed by atoms with Crippen LogP contribution in [0.5, 0.6) is 0 Å². The van der Waals surface area contributed by atoms with Crippen LogP contribution in [0, 0.1) is 12.8 Å². The number of fused-ring (bicyclic) bond motifs is 1. The van der Waals surface area contributed by atoms with Gasteiger partial charge in [-0.05, 0) is 25.7 Å². The Kier molecular flexibility index (Phi) is 3.80. The molecule has 0 unspecified atom stereocenters. The quantitative estimate of drug-likeness (QED) is 0.785. The van der Waals surface area contributed by atoms with Gasteiger partial charge < -0.3 is 14.6 Å². The van der Waals surface area contributed by atoms with Crippen molar-refractivity contribution in [2.75, 3.05) is 18.0 Å². The molecule has 128 valence electrons. The lowest BCUT2D eigenvalue weighted by molar-refractivity contribution is 0.0825. The molecule has 1 saturated heterocycles. The van der Waals surface area contributed by atoms with Gasteiger partial charge in [0.25, 0.3) is 0 Å². The lowest BCUT2D eigenvalue weighted by Crippen LogP contribution is -2.36. The molecule has 4 heterocycles. The molecule has 24 heavy (non-hydrogen) atoms. The highest BCUT2D eigenvalue weighted by atomic mass is 32.1. The molecular weight excluding hydrogens is 324 g/mol. The van der Waals surface area contributed by atoms with Gasteiger partial charge in [-0.25, -0.2) is 14.6 Å². The molecule has 1 aliphatic heterocycles. The van der Waals surface area contributed by atoms with E-state index in [4.69, 9.17) is 4.98 Å². The van der Waals surface area contributed by atoms with Gasteiger partial charge >= 0.3 is 0 Å². The first kappa shape index (κ1) is 15.6. The molecule has 0 radical (unpaired) electrons. The monoisotopic (exact) mass is 346 g/mol. The number of aliphatic hydroxyl groups excluding tert-OH is 1. The molecule has 0 aliphatic carbocycles. The van der Waals surface area contributed by atoms with Crippen molar-refractivity contribution < 1.29 is 5.11 Å². The Morgan fingerprint density at radius 2 is 2.04 bits per heavy atom. The average molecular weight is 346 g/mol. The molecule has 0 spiro atoms. The van der Waals surface area contributed by atoms with E-state index in [0.29, 0.717) is 0 Å². The second kappa shape index (κ2) is 5.86. The van der Waals surface area contributed by atoms with Gasteiger partial charge in [0.1, 0.15) is 11.9 Å². The summed E-state index contributed by atoms with van der Waals surface area (Å²) in [5.41, 5.74) is 2.00. The van der Waals surface area contributed by atoms with Crippen LogP contribution >= 0.6 is 11.3 Å². The number of nitrogens with zero attached hydrogens (tertiary/aromatic N) is 6. The van der Waals surface area contributed by atoms with Crippen LogP contribution in [0.25, 0.3) is 10.3 Å². The van der Waals surface area contributed by atoms with Crippen LogP contribution in [0.4, 0.5) is 5.13 Å². The summed E-state index contributed by atoms with van der Waals surface area (Å²) in [6, 6.07) is 0. The van der Waals surface area contributed by atoms with E-state index < -0.39 is 6.10 Å². The Morgan fingerprint density at radius 1 is 1.29 bits per heavy atom. The van der Waals surface area contributed by atoms with Crippen molar-refractivity contribution in [1.29, 1.82) is 0 Å². The molecule has 0 amide bonds. The highest BCUT2D eigenvalue weighted by Crippen LogP contribution is 2.35. The maximum absolute atomic E-state index is 10.6. The first-order valence-corrected chi connectivity index (χ1v) is 9.06. The van der Waals surface area contributed by atoms with Gasteiger partial charge in [0.15, 0.2) is 10.8 Å². The normalized spacial score (nSPS) is 17.8. The number of anilines is 1. The summed E-state index contributed by atoms with van der Waals surface area (Å²) in [5, 5.41) is 16.1. The molecule has 4 rings (SSSR count). The highest BCUT2D eigenvalue weighted by molar-refractivity contribution is 7.22. The second-order valence-corrected chi connectivity index (χ2v) is 7.50. The standard InChI is InChI=1S/C16H22N6OS/c1-10-13-15(21(3)19-10)18-16(24-13)22-7-4-11(5-8-22)12(23)14-17-6-9-20(14)2/h6,9,11-12,23H,4-5,7-8H2,1-3H3/t12-/m1/s1. The third-order valence-corrected chi connectivity index (χ3v) is 6.13. The topological polar surface area (TPSA) is 72.0 Å². The maximum atomic E-state index is 10.6. The Morgan fingerprint density at radius 3 is 2.67 bits per heavy atom. The summed E-state index contributed by atoms with van der Waals surface area (Å²) in [6.45, 7) is 3.86. The van der Waals surface area contributed by atoms with Crippen molar-refractivity contribution in [1.82, 2.24) is 24.3 Å². The minimum atomic E-state index is -0.492. The number of thiazole rings is 1. The highest BCUT2D eigenvalue weighted by Gasteiger charge is 2.29. The van der Waals surface area contributed by atoms with Crippen LogP contribution in [0.2, 0.25) is 0 Å². The second-order valence-electron chi connectivity index (χ2n) is 6.52. The summed E-state index contributed by atoms with van der Waals surface area (Å²) >= 11 is 1.71. The van der Waals surface area contributed by atoms with Crippen LogP contribution in [-0.4, -0.2) is 42.5 Å². The van der Waals surface area contributed by atoms with E-state index in [2.05, 4.69) is 15.0 Å². The van der Waals surface area contributed by atoms with Gasteiger partial charge in [-0.2, -0.15) is 5.10 Å². The first-order valence-electron chi connectivity index (χ1n) is 8.25. The van der Waals surface area contributed by atoms with Gasteiger partial charge in [-0.1, -0.05) is 11.3 Å². The zero-order valence-corrected chi connectivity index (χ0v) is 15.0. The van der Waals surface area contributed by atoms with Crippen LogP contribution in [0.15, 0.2) is 12.4 Å². The van der Waals surface area contributed by atoms with E-state index in [9.17, 15) is 5.11 Å². The third kappa shape index (κ3) is 2.50. The number of hydrogen-bond donors (Lipinski definition) is 1. The Labute approximate surface area is 144 Å². The van der Waals surface area contributed by atoms with E-state index in [-0.39, 0.29) is 5.92 Å². The van der Waals surface area contributed by atoms with Crippen molar-refractivity contribution in [3.8, 4) is 0 Å². The zero-order chi connectivity index (χ0) is 16.8. The number of aliphatic hydroxyl groups is 1. The van der Waals surface area contributed by atoms with E-state index in [1.54, 1.807) is 17.5 Å². The molecule has 3 aromatic heterocycles. The Bertz CT molecular complexity index is 823. The molecule has 0 saturated carbocycles. The molecule has 7 nitrogen and oxygen atoms in total. The lowest BCUT2D eigenvalue weighted by Gasteiger charge is -2.33. The largest absolute Gasteiger partial charge is 0.385 e. The van der Waals surface area contributed by atoms with Crippen LogP contribution in [0.1, 0.15) is 30.5 Å². The number of hydrogen-bond acceptors (Lipinski definition) is 6. The zero-order valence-electron chi connectivity index (χ0n) is 14.2. The van der Waals surface area contributed by atoms with Crippen LogP contribution < -0.4 is 4.90 Å².